The Labute approximate surface area is 182 Å². The van der Waals surface area contributed by atoms with E-state index in [1.165, 1.54) is 0 Å². The number of amides is 2. The monoisotopic (exact) mass is 414 g/mol. The van der Waals surface area contributed by atoms with E-state index in [4.69, 9.17) is 0 Å². The third-order valence-electron chi connectivity index (χ3n) is 5.67. The number of carbonyl (C=O) groups excluding carboxylic acids is 2. The number of aryl methyl sites for hydroxylation is 1. The third-order valence-corrected chi connectivity index (χ3v) is 5.67. The van der Waals surface area contributed by atoms with E-state index >= 15 is 0 Å². The van der Waals surface area contributed by atoms with E-state index in [9.17, 15) is 9.59 Å². The zero-order valence-electron chi connectivity index (χ0n) is 17.6. The summed E-state index contributed by atoms with van der Waals surface area (Å²) in [6, 6.07) is 19.2. The smallest absolute Gasteiger partial charge is 0.254 e. The third kappa shape index (κ3) is 4.97. The van der Waals surface area contributed by atoms with Crippen LogP contribution in [-0.2, 0) is 6.54 Å². The van der Waals surface area contributed by atoms with E-state index in [0.717, 1.165) is 24.1 Å². The average Bonchev–Trinajstić information content (AvgIpc) is 2.83. The Morgan fingerprint density at radius 3 is 2.32 bits per heavy atom. The summed E-state index contributed by atoms with van der Waals surface area (Å²) in [7, 11) is 0. The Morgan fingerprint density at radius 1 is 1.00 bits per heavy atom. The normalized spacial score (nSPS) is 14.3. The molecule has 2 aromatic carbocycles. The molecule has 0 aliphatic carbocycles. The van der Waals surface area contributed by atoms with Gasteiger partial charge in [0.25, 0.3) is 11.8 Å². The Hall–Kier alpha value is -3.54. The summed E-state index contributed by atoms with van der Waals surface area (Å²) in [5.74, 6) is 0.664. The van der Waals surface area contributed by atoms with Crippen LogP contribution in [0.5, 0.6) is 0 Å². The quantitative estimate of drug-likeness (QED) is 0.690. The fraction of sp³-hybridized carbons (Fsp3) is 0.280. The zero-order valence-corrected chi connectivity index (χ0v) is 17.6. The van der Waals surface area contributed by atoms with E-state index in [1.54, 1.807) is 6.20 Å². The van der Waals surface area contributed by atoms with Gasteiger partial charge < -0.3 is 10.2 Å². The lowest BCUT2D eigenvalue weighted by Crippen LogP contribution is -2.38. The van der Waals surface area contributed by atoms with Gasteiger partial charge in [0.2, 0.25) is 0 Å². The molecule has 31 heavy (non-hydrogen) atoms. The highest BCUT2D eigenvalue weighted by Gasteiger charge is 2.28. The van der Waals surface area contributed by atoms with Gasteiger partial charge >= 0.3 is 0 Å². The first-order valence-electron chi connectivity index (χ1n) is 10.6. The first-order valence-corrected chi connectivity index (χ1v) is 10.6. The lowest BCUT2D eigenvalue weighted by atomic mass is 9.90. The topological polar surface area (TPSA) is 75.2 Å². The summed E-state index contributed by atoms with van der Waals surface area (Å²) in [5, 5.41) is 2.98. The van der Waals surface area contributed by atoms with Crippen LogP contribution < -0.4 is 5.32 Å². The molecule has 1 aromatic heterocycles. The number of nitrogens with one attached hydrogen (secondary N) is 1. The van der Waals surface area contributed by atoms with Crippen molar-refractivity contribution in [2.75, 3.05) is 13.1 Å². The summed E-state index contributed by atoms with van der Waals surface area (Å²) in [5.41, 5.74) is 3.05. The fourth-order valence-electron chi connectivity index (χ4n) is 3.97. The first-order chi connectivity index (χ1) is 15.1. The van der Waals surface area contributed by atoms with Crippen molar-refractivity contribution in [3.63, 3.8) is 0 Å². The Balaban J connectivity index is 1.44. The molecule has 0 spiro atoms. The molecule has 1 aliphatic heterocycles. The molecular formula is C25H26N4O2. The van der Waals surface area contributed by atoms with Crippen LogP contribution in [0.1, 0.15) is 56.6 Å². The van der Waals surface area contributed by atoms with Crippen molar-refractivity contribution in [2.24, 2.45) is 0 Å². The summed E-state index contributed by atoms with van der Waals surface area (Å²) in [4.78, 5) is 36.4. The van der Waals surface area contributed by atoms with Crippen LogP contribution >= 0.6 is 0 Å². The zero-order chi connectivity index (χ0) is 21.6. The maximum absolute atomic E-state index is 12.9. The van der Waals surface area contributed by atoms with Crippen molar-refractivity contribution in [1.82, 2.24) is 20.2 Å². The van der Waals surface area contributed by atoms with Gasteiger partial charge in [-0.15, -0.1) is 0 Å². The molecule has 0 saturated carbocycles. The van der Waals surface area contributed by atoms with E-state index < -0.39 is 0 Å². The summed E-state index contributed by atoms with van der Waals surface area (Å²) in [6.07, 6.45) is 3.17. The van der Waals surface area contributed by atoms with E-state index in [0.29, 0.717) is 36.6 Å². The van der Waals surface area contributed by atoms with Gasteiger partial charge in [0.15, 0.2) is 0 Å². The molecular weight excluding hydrogens is 388 g/mol. The van der Waals surface area contributed by atoms with Crippen LogP contribution in [0.4, 0.5) is 0 Å². The van der Waals surface area contributed by atoms with Crippen LogP contribution in [0, 0.1) is 6.92 Å². The molecule has 6 nitrogen and oxygen atoms in total. The molecule has 2 heterocycles. The minimum Gasteiger partial charge on any atom is -0.348 e. The summed E-state index contributed by atoms with van der Waals surface area (Å²) < 4.78 is 0. The second kappa shape index (κ2) is 9.51. The average molecular weight is 415 g/mol. The van der Waals surface area contributed by atoms with Gasteiger partial charge in [-0.05, 0) is 37.5 Å². The van der Waals surface area contributed by atoms with Crippen LogP contribution in [-0.4, -0.2) is 39.8 Å². The minimum absolute atomic E-state index is 0.0544. The molecule has 4 rings (SSSR count). The van der Waals surface area contributed by atoms with Gasteiger partial charge in [0.1, 0.15) is 5.82 Å². The molecule has 0 unspecified atom stereocenters. The van der Waals surface area contributed by atoms with Crippen molar-refractivity contribution >= 4 is 11.8 Å². The molecule has 6 heteroatoms. The highest BCUT2D eigenvalue weighted by atomic mass is 16.2. The van der Waals surface area contributed by atoms with Crippen molar-refractivity contribution in [3.05, 3.63) is 95.1 Å². The lowest BCUT2D eigenvalue weighted by molar-refractivity contribution is 0.0710. The highest BCUT2D eigenvalue weighted by molar-refractivity contribution is 5.95. The van der Waals surface area contributed by atoms with Crippen molar-refractivity contribution in [1.29, 1.82) is 0 Å². The summed E-state index contributed by atoms with van der Waals surface area (Å²) >= 11 is 0. The molecule has 0 atom stereocenters. The SMILES string of the molecule is Cc1ncc(C(=O)NCc2ccccc2)c(C2CCN(C(=O)c3ccccc3)CC2)n1. The second-order valence-corrected chi connectivity index (χ2v) is 7.82. The highest BCUT2D eigenvalue weighted by Crippen LogP contribution is 2.29. The van der Waals surface area contributed by atoms with Crippen LogP contribution in [0.3, 0.4) is 0 Å². The Bertz CT molecular complexity index is 1050. The van der Waals surface area contributed by atoms with E-state index in [-0.39, 0.29) is 17.7 Å². The van der Waals surface area contributed by atoms with E-state index in [1.807, 2.05) is 72.5 Å². The first kappa shape index (κ1) is 20.7. The number of nitrogens with zero attached hydrogens (tertiary/aromatic N) is 3. The van der Waals surface area contributed by atoms with Gasteiger partial charge in [0, 0.05) is 37.3 Å². The number of rotatable bonds is 5. The number of likely N-dealkylation sites (tertiary alicyclic amines) is 1. The second-order valence-electron chi connectivity index (χ2n) is 7.82. The molecule has 158 valence electrons. The molecule has 3 aromatic rings. The molecule has 2 amide bonds. The van der Waals surface area contributed by atoms with Crippen LogP contribution in [0.2, 0.25) is 0 Å². The molecule has 0 bridgehead atoms. The maximum atomic E-state index is 12.9. The molecule has 1 N–H and O–H groups in total. The van der Waals surface area contributed by atoms with Crippen LogP contribution in [0.15, 0.2) is 66.9 Å². The fourth-order valence-corrected chi connectivity index (χ4v) is 3.97. The van der Waals surface area contributed by atoms with Crippen LogP contribution in [0.25, 0.3) is 0 Å². The Morgan fingerprint density at radius 2 is 1.65 bits per heavy atom. The van der Waals surface area contributed by atoms with Gasteiger partial charge in [-0.2, -0.15) is 0 Å². The standard InChI is InChI=1S/C25H26N4O2/c1-18-26-17-22(24(30)27-16-19-8-4-2-5-9-19)23(28-18)20-12-14-29(15-13-20)25(31)21-10-6-3-7-11-21/h2-11,17,20H,12-16H2,1H3,(H,27,30). The molecule has 1 saturated heterocycles. The number of carbonyl (C=O) groups is 2. The molecule has 1 fully saturated rings. The Kier molecular flexibility index (Phi) is 6.36. The predicted molar refractivity (Wildman–Crippen MR) is 119 cm³/mol. The number of piperidine rings is 1. The molecule has 0 radical (unpaired) electrons. The maximum Gasteiger partial charge on any atom is 0.254 e. The number of aromatic nitrogens is 2. The number of hydrogen-bond acceptors (Lipinski definition) is 4. The number of benzene rings is 2. The largest absolute Gasteiger partial charge is 0.348 e. The minimum atomic E-state index is -0.165. The summed E-state index contributed by atoms with van der Waals surface area (Å²) in [6.45, 7) is 3.58. The van der Waals surface area contributed by atoms with Gasteiger partial charge in [-0.25, -0.2) is 9.97 Å². The number of hydrogen-bond donors (Lipinski definition) is 1. The van der Waals surface area contributed by atoms with Crippen molar-refractivity contribution in [2.45, 2.75) is 32.2 Å². The van der Waals surface area contributed by atoms with Gasteiger partial charge in [0.05, 0.1) is 11.3 Å². The van der Waals surface area contributed by atoms with Gasteiger partial charge in [-0.3, -0.25) is 9.59 Å². The predicted octanol–water partition coefficient (Wildman–Crippen LogP) is 3.73. The van der Waals surface area contributed by atoms with Crippen molar-refractivity contribution in [3.8, 4) is 0 Å². The lowest BCUT2D eigenvalue weighted by Gasteiger charge is -2.32. The molecule has 1 aliphatic rings. The van der Waals surface area contributed by atoms with E-state index in [2.05, 4.69) is 15.3 Å². The van der Waals surface area contributed by atoms with Crippen molar-refractivity contribution < 1.29 is 9.59 Å². The van der Waals surface area contributed by atoms with Gasteiger partial charge in [-0.1, -0.05) is 48.5 Å².